The van der Waals surface area contributed by atoms with Crippen molar-refractivity contribution in [3.8, 4) is 11.8 Å². The highest BCUT2D eigenvalue weighted by Crippen LogP contribution is 2.23. The van der Waals surface area contributed by atoms with Crippen LogP contribution in [0.15, 0.2) is 66.7 Å². The van der Waals surface area contributed by atoms with Crippen molar-refractivity contribution in [2.24, 2.45) is 0 Å². The van der Waals surface area contributed by atoms with Gasteiger partial charge in [0.15, 0.2) is 0 Å². The first-order valence-corrected chi connectivity index (χ1v) is 9.71. The van der Waals surface area contributed by atoms with Gasteiger partial charge >= 0.3 is 0 Å². The molecule has 29 heavy (non-hydrogen) atoms. The predicted molar refractivity (Wildman–Crippen MR) is 115 cm³/mol. The number of rotatable bonds is 7. The molecule has 1 amide bonds. The SMILES string of the molecule is N#CCc1ccc(OCc2ccccc2NC(=O)Cc2ccc(Cl)c(Cl)c2)cc1. The van der Waals surface area contributed by atoms with Gasteiger partial charge in [-0.2, -0.15) is 5.26 Å². The summed E-state index contributed by atoms with van der Waals surface area (Å²) in [5.74, 6) is 0.542. The third-order valence-corrected chi connectivity index (χ3v) is 4.98. The maximum atomic E-state index is 12.4. The van der Waals surface area contributed by atoms with E-state index in [1.165, 1.54) is 0 Å². The lowest BCUT2D eigenvalue weighted by atomic mass is 10.1. The topological polar surface area (TPSA) is 62.1 Å². The average Bonchev–Trinajstić information content (AvgIpc) is 2.71. The van der Waals surface area contributed by atoms with Gasteiger partial charge in [0.2, 0.25) is 5.91 Å². The Hall–Kier alpha value is -3.00. The monoisotopic (exact) mass is 424 g/mol. The van der Waals surface area contributed by atoms with Crippen LogP contribution in [0.3, 0.4) is 0 Å². The molecule has 3 aromatic rings. The largest absolute Gasteiger partial charge is 0.489 e. The summed E-state index contributed by atoms with van der Waals surface area (Å²) in [5.41, 5.74) is 3.27. The Bertz CT molecular complexity index is 1040. The molecule has 0 atom stereocenters. The highest BCUT2D eigenvalue weighted by molar-refractivity contribution is 6.42. The number of halogens is 2. The summed E-state index contributed by atoms with van der Waals surface area (Å²) in [5, 5.41) is 12.5. The van der Waals surface area contributed by atoms with E-state index < -0.39 is 0 Å². The van der Waals surface area contributed by atoms with Crippen molar-refractivity contribution in [1.82, 2.24) is 0 Å². The van der Waals surface area contributed by atoms with Crippen LogP contribution < -0.4 is 10.1 Å². The number of ether oxygens (including phenoxy) is 1. The minimum atomic E-state index is -0.156. The Balaban J connectivity index is 1.63. The molecule has 0 radical (unpaired) electrons. The lowest BCUT2D eigenvalue weighted by Crippen LogP contribution is -2.16. The van der Waals surface area contributed by atoms with E-state index in [0.717, 1.165) is 16.7 Å². The van der Waals surface area contributed by atoms with Crippen LogP contribution in [0.1, 0.15) is 16.7 Å². The van der Waals surface area contributed by atoms with E-state index in [1.54, 1.807) is 18.2 Å². The van der Waals surface area contributed by atoms with E-state index in [-0.39, 0.29) is 12.3 Å². The number of amides is 1. The smallest absolute Gasteiger partial charge is 0.228 e. The molecule has 0 aliphatic heterocycles. The van der Waals surface area contributed by atoms with Crippen LogP contribution in [0.4, 0.5) is 5.69 Å². The maximum absolute atomic E-state index is 12.4. The van der Waals surface area contributed by atoms with Gasteiger partial charge in [0.05, 0.1) is 29.0 Å². The summed E-state index contributed by atoms with van der Waals surface area (Å²) in [6, 6.07) is 22.1. The standard InChI is InChI=1S/C23H18Cl2N2O2/c24-20-10-7-17(13-21(20)25)14-23(28)27-22-4-2-1-3-18(22)15-29-19-8-5-16(6-9-19)11-12-26/h1-10,13H,11,14-15H2,(H,27,28). The average molecular weight is 425 g/mol. The van der Waals surface area contributed by atoms with E-state index in [9.17, 15) is 4.79 Å². The van der Waals surface area contributed by atoms with Crippen molar-refractivity contribution in [1.29, 1.82) is 5.26 Å². The number of nitriles is 1. The maximum Gasteiger partial charge on any atom is 0.228 e. The minimum Gasteiger partial charge on any atom is -0.489 e. The van der Waals surface area contributed by atoms with Crippen molar-refractivity contribution in [3.05, 3.63) is 93.5 Å². The first kappa shape index (κ1) is 20.7. The molecule has 0 fully saturated rings. The van der Waals surface area contributed by atoms with Crippen LogP contribution >= 0.6 is 23.2 Å². The number of para-hydroxylation sites is 1. The highest BCUT2D eigenvalue weighted by Gasteiger charge is 2.09. The molecule has 0 spiro atoms. The molecular formula is C23H18Cl2N2O2. The lowest BCUT2D eigenvalue weighted by molar-refractivity contribution is -0.115. The van der Waals surface area contributed by atoms with Crippen LogP contribution in [0.2, 0.25) is 10.0 Å². The first-order chi connectivity index (χ1) is 14.0. The molecule has 1 N–H and O–H groups in total. The van der Waals surface area contributed by atoms with Crippen molar-refractivity contribution in [2.45, 2.75) is 19.4 Å². The number of nitrogens with one attached hydrogen (secondary N) is 1. The van der Waals surface area contributed by atoms with Crippen molar-refractivity contribution in [2.75, 3.05) is 5.32 Å². The quantitative estimate of drug-likeness (QED) is 0.519. The summed E-state index contributed by atoms with van der Waals surface area (Å²) in [7, 11) is 0. The van der Waals surface area contributed by atoms with Gasteiger partial charge in [-0.1, -0.05) is 59.6 Å². The van der Waals surface area contributed by atoms with Crippen molar-refractivity contribution >= 4 is 34.8 Å². The second kappa shape index (κ2) is 9.97. The molecule has 0 aliphatic carbocycles. The molecular weight excluding hydrogens is 407 g/mol. The summed E-state index contributed by atoms with van der Waals surface area (Å²) in [6.07, 6.45) is 0.556. The van der Waals surface area contributed by atoms with Gasteiger partial charge in [-0.25, -0.2) is 0 Å². The van der Waals surface area contributed by atoms with Gasteiger partial charge in [0.1, 0.15) is 12.4 Å². The number of anilines is 1. The summed E-state index contributed by atoms with van der Waals surface area (Å²) < 4.78 is 5.83. The van der Waals surface area contributed by atoms with Crippen LogP contribution in [0, 0.1) is 11.3 Å². The summed E-state index contributed by atoms with van der Waals surface area (Å²) >= 11 is 11.9. The second-order valence-corrected chi connectivity index (χ2v) is 7.21. The van der Waals surface area contributed by atoms with E-state index in [4.69, 9.17) is 33.2 Å². The fraction of sp³-hybridized carbons (Fsp3) is 0.130. The van der Waals surface area contributed by atoms with E-state index in [1.807, 2.05) is 48.5 Å². The Labute approximate surface area is 179 Å². The number of nitrogens with zero attached hydrogens (tertiary/aromatic N) is 1. The van der Waals surface area contributed by atoms with Crippen molar-refractivity contribution < 1.29 is 9.53 Å². The van der Waals surface area contributed by atoms with Crippen LogP contribution in [0.5, 0.6) is 5.75 Å². The summed E-state index contributed by atoms with van der Waals surface area (Å²) in [4.78, 5) is 12.4. The zero-order valence-corrected chi connectivity index (χ0v) is 17.0. The van der Waals surface area contributed by atoms with Crippen LogP contribution in [0.25, 0.3) is 0 Å². The molecule has 146 valence electrons. The molecule has 0 bridgehead atoms. The highest BCUT2D eigenvalue weighted by atomic mass is 35.5. The molecule has 0 heterocycles. The molecule has 3 aromatic carbocycles. The molecule has 4 nitrogen and oxygen atoms in total. The molecule has 3 rings (SSSR count). The zero-order valence-electron chi connectivity index (χ0n) is 15.5. The molecule has 0 unspecified atom stereocenters. The van der Waals surface area contributed by atoms with E-state index >= 15 is 0 Å². The minimum absolute atomic E-state index is 0.156. The molecule has 0 saturated carbocycles. The Morgan fingerprint density at radius 2 is 1.69 bits per heavy atom. The van der Waals surface area contributed by atoms with Crippen molar-refractivity contribution in [3.63, 3.8) is 0 Å². The number of hydrogen-bond donors (Lipinski definition) is 1. The Morgan fingerprint density at radius 3 is 2.41 bits per heavy atom. The lowest BCUT2D eigenvalue weighted by Gasteiger charge is -2.13. The van der Waals surface area contributed by atoms with Gasteiger partial charge in [-0.15, -0.1) is 0 Å². The normalized spacial score (nSPS) is 10.2. The second-order valence-electron chi connectivity index (χ2n) is 6.40. The third kappa shape index (κ3) is 5.99. The number of hydrogen-bond acceptors (Lipinski definition) is 3. The van der Waals surface area contributed by atoms with Gasteiger partial charge in [0.25, 0.3) is 0 Å². The Kier molecular flexibility index (Phi) is 7.13. The summed E-state index contributed by atoms with van der Waals surface area (Å²) in [6.45, 7) is 0.306. The third-order valence-electron chi connectivity index (χ3n) is 4.24. The van der Waals surface area contributed by atoms with Crippen LogP contribution in [-0.2, 0) is 24.2 Å². The van der Waals surface area contributed by atoms with Gasteiger partial charge in [-0.05, 0) is 41.5 Å². The zero-order chi connectivity index (χ0) is 20.6. The van der Waals surface area contributed by atoms with Gasteiger partial charge < -0.3 is 10.1 Å². The van der Waals surface area contributed by atoms with E-state index in [2.05, 4.69) is 11.4 Å². The fourth-order valence-corrected chi connectivity index (χ4v) is 3.07. The Morgan fingerprint density at radius 1 is 0.966 bits per heavy atom. The molecule has 6 heteroatoms. The number of carbonyl (C=O) groups is 1. The number of carbonyl (C=O) groups excluding carboxylic acids is 1. The molecule has 0 aromatic heterocycles. The predicted octanol–water partition coefficient (Wildman–Crippen LogP) is 5.82. The number of benzene rings is 3. The van der Waals surface area contributed by atoms with Gasteiger partial charge in [-0.3, -0.25) is 4.79 Å². The van der Waals surface area contributed by atoms with Gasteiger partial charge in [0, 0.05) is 11.3 Å². The van der Waals surface area contributed by atoms with E-state index in [0.29, 0.717) is 34.5 Å². The van der Waals surface area contributed by atoms with Crippen LogP contribution in [-0.4, -0.2) is 5.91 Å². The molecule has 0 saturated heterocycles. The molecule has 0 aliphatic rings. The first-order valence-electron chi connectivity index (χ1n) is 8.95. The fourth-order valence-electron chi connectivity index (χ4n) is 2.75.